The molecule has 0 aromatic rings. The van der Waals surface area contributed by atoms with Crippen LogP contribution in [0.25, 0.3) is 0 Å². The molecule has 0 aliphatic heterocycles. The Balaban J connectivity index is 2.12. The summed E-state index contributed by atoms with van der Waals surface area (Å²) in [6.07, 6.45) is 10.3. The molecule has 1 aliphatic rings. The molecule has 0 bridgehead atoms. The molecular weight excluding hydrogens is 194 g/mol. The molecule has 1 atom stereocenters. The topological polar surface area (TPSA) is 21.3 Å². The van der Waals surface area contributed by atoms with Gasteiger partial charge in [0.05, 0.1) is 0 Å². The van der Waals surface area contributed by atoms with Gasteiger partial charge < -0.3 is 10.1 Å². The second kappa shape index (κ2) is 6.82. The van der Waals surface area contributed by atoms with Crippen LogP contribution < -0.4 is 5.32 Å². The van der Waals surface area contributed by atoms with E-state index < -0.39 is 0 Å². The number of rotatable bonds is 4. The minimum atomic E-state index is 0.199. The largest absolute Gasteiger partial charge is 0.464 e. The van der Waals surface area contributed by atoms with Crippen LogP contribution in [-0.4, -0.2) is 17.8 Å². The van der Waals surface area contributed by atoms with Crippen molar-refractivity contribution in [2.24, 2.45) is 0 Å². The molecule has 14 heavy (non-hydrogen) atoms. The normalized spacial score (nSPS) is 20.5. The zero-order chi connectivity index (χ0) is 10.2. The van der Waals surface area contributed by atoms with Crippen molar-refractivity contribution in [3.8, 4) is 0 Å². The van der Waals surface area contributed by atoms with Gasteiger partial charge in [-0.3, -0.25) is 0 Å². The lowest BCUT2D eigenvalue weighted by Gasteiger charge is -2.19. The van der Waals surface area contributed by atoms with Crippen LogP contribution in [0.4, 0.5) is 0 Å². The van der Waals surface area contributed by atoms with E-state index in [4.69, 9.17) is 17.0 Å². The number of unbranched alkanes of at least 4 members (excludes halogenated alkanes) is 1. The van der Waals surface area contributed by atoms with Crippen molar-refractivity contribution in [2.45, 2.75) is 45.1 Å². The van der Waals surface area contributed by atoms with E-state index in [1.54, 1.807) is 0 Å². The Morgan fingerprint density at radius 1 is 1.64 bits per heavy atom. The maximum Gasteiger partial charge on any atom is 0.257 e. The number of hydrogen-bond donors (Lipinski definition) is 1. The number of thiocarbonyl (C=S) groups is 1. The van der Waals surface area contributed by atoms with Gasteiger partial charge >= 0.3 is 0 Å². The van der Waals surface area contributed by atoms with E-state index in [9.17, 15) is 0 Å². The Kier molecular flexibility index (Phi) is 5.60. The van der Waals surface area contributed by atoms with Gasteiger partial charge in [0.2, 0.25) is 0 Å². The first-order chi connectivity index (χ1) is 6.83. The van der Waals surface area contributed by atoms with Gasteiger partial charge in [0.1, 0.15) is 6.10 Å². The van der Waals surface area contributed by atoms with E-state index in [0.717, 1.165) is 19.4 Å². The lowest BCUT2D eigenvalue weighted by molar-refractivity contribution is 0.213. The highest BCUT2D eigenvalue weighted by Gasteiger charge is 2.10. The zero-order valence-electron chi connectivity index (χ0n) is 8.79. The van der Waals surface area contributed by atoms with E-state index >= 15 is 0 Å². The summed E-state index contributed by atoms with van der Waals surface area (Å²) in [5, 5.41) is 3.66. The highest BCUT2D eigenvalue weighted by atomic mass is 32.1. The molecule has 2 nitrogen and oxygen atoms in total. The summed E-state index contributed by atoms with van der Waals surface area (Å²) in [6, 6.07) is 0. The molecule has 1 N–H and O–H groups in total. The van der Waals surface area contributed by atoms with Gasteiger partial charge in [-0.2, -0.15) is 0 Å². The first-order valence-electron chi connectivity index (χ1n) is 5.44. The van der Waals surface area contributed by atoms with Crippen LogP contribution in [0.3, 0.4) is 0 Å². The Morgan fingerprint density at radius 2 is 2.50 bits per heavy atom. The van der Waals surface area contributed by atoms with E-state index in [1.807, 2.05) is 0 Å². The van der Waals surface area contributed by atoms with Gasteiger partial charge in [-0.1, -0.05) is 19.4 Å². The Labute approximate surface area is 91.7 Å². The third-order valence-corrected chi connectivity index (χ3v) is 2.51. The number of allylic oxidation sites excluding steroid dienone is 1. The predicted molar refractivity (Wildman–Crippen MR) is 63.4 cm³/mol. The summed E-state index contributed by atoms with van der Waals surface area (Å²) in [4.78, 5) is 0. The van der Waals surface area contributed by atoms with E-state index in [2.05, 4.69) is 24.4 Å². The van der Waals surface area contributed by atoms with Crippen molar-refractivity contribution in [3.63, 3.8) is 0 Å². The molecule has 0 saturated carbocycles. The molecule has 1 rings (SSSR count). The maximum absolute atomic E-state index is 5.57. The molecule has 3 heteroatoms. The highest BCUT2D eigenvalue weighted by molar-refractivity contribution is 7.80. The van der Waals surface area contributed by atoms with Crippen molar-refractivity contribution in [1.82, 2.24) is 5.32 Å². The summed E-state index contributed by atoms with van der Waals surface area (Å²) in [6.45, 7) is 3.08. The SMILES string of the molecule is CCCCNC(=S)OC1C=CCCC1. The van der Waals surface area contributed by atoms with Gasteiger partial charge in [-0.05, 0) is 44.0 Å². The van der Waals surface area contributed by atoms with E-state index in [1.165, 1.54) is 19.3 Å². The minimum absolute atomic E-state index is 0.199. The summed E-state index contributed by atoms with van der Waals surface area (Å²) in [7, 11) is 0. The predicted octanol–water partition coefficient (Wildman–Crippen LogP) is 2.79. The molecule has 0 aromatic carbocycles. The van der Waals surface area contributed by atoms with Crippen molar-refractivity contribution in [3.05, 3.63) is 12.2 Å². The average Bonchev–Trinajstić information content (AvgIpc) is 2.20. The average molecular weight is 213 g/mol. The molecule has 0 amide bonds. The van der Waals surface area contributed by atoms with E-state index in [0.29, 0.717) is 5.17 Å². The summed E-state index contributed by atoms with van der Waals surface area (Å²) >= 11 is 5.08. The minimum Gasteiger partial charge on any atom is -0.464 e. The summed E-state index contributed by atoms with van der Waals surface area (Å²) in [5.41, 5.74) is 0. The van der Waals surface area contributed by atoms with Crippen LogP contribution in [0.5, 0.6) is 0 Å². The van der Waals surface area contributed by atoms with Gasteiger partial charge in [0.15, 0.2) is 0 Å². The fourth-order valence-electron chi connectivity index (χ4n) is 1.43. The first kappa shape index (κ1) is 11.5. The van der Waals surface area contributed by atoms with Gasteiger partial charge in [0.25, 0.3) is 5.17 Å². The summed E-state index contributed by atoms with van der Waals surface area (Å²) in [5.74, 6) is 0. The number of ether oxygens (including phenoxy) is 1. The van der Waals surface area contributed by atoms with Crippen molar-refractivity contribution in [2.75, 3.05) is 6.54 Å². The standard InChI is InChI=1S/C11H19NOS/c1-2-3-9-12-11(14)13-10-7-5-4-6-8-10/h5,7,10H,2-4,6,8-9H2,1H3,(H,12,14). The molecule has 0 saturated heterocycles. The quantitative estimate of drug-likeness (QED) is 0.441. The number of hydrogen-bond acceptors (Lipinski definition) is 2. The Hall–Kier alpha value is -0.570. The summed E-state index contributed by atoms with van der Waals surface area (Å²) < 4.78 is 5.57. The molecular formula is C11H19NOS. The smallest absolute Gasteiger partial charge is 0.257 e. The monoisotopic (exact) mass is 213 g/mol. The molecule has 0 heterocycles. The first-order valence-corrected chi connectivity index (χ1v) is 5.85. The lowest BCUT2D eigenvalue weighted by atomic mass is 10.1. The molecule has 1 aliphatic carbocycles. The molecule has 0 spiro atoms. The van der Waals surface area contributed by atoms with Gasteiger partial charge in [-0.25, -0.2) is 0 Å². The van der Waals surface area contributed by atoms with Crippen molar-refractivity contribution >= 4 is 17.4 Å². The van der Waals surface area contributed by atoms with Gasteiger partial charge in [0, 0.05) is 6.54 Å². The Bertz CT molecular complexity index is 203. The van der Waals surface area contributed by atoms with Crippen molar-refractivity contribution < 1.29 is 4.74 Å². The molecule has 1 unspecified atom stereocenters. The highest BCUT2D eigenvalue weighted by Crippen LogP contribution is 2.13. The molecule has 0 aromatic heterocycles. The number of nitrogens with one attached hydrogen (secondary N) is 1. The third-order valence-electron chi connectivity index (χ3n) is 2.27. The van der Waals surface area contributed by atoms with Crippen LogP contribution in [0.2, 0.25) is 0 Å². The Morgan fingerprint density at radius 3 is 3.14 bits per heavy atom. The maximum atomic E-state index is 5.57. The second-order valence-electron chi connectivity index (χ2n) is 3.58. The van der Waals surface area contributed by atoms with Crippen LogP contribution in [0, 0.1) is 0 Å². The molecule has 0 radical (unpaired) electrons. The second-order valence-corrected chi connectivity index (χ2v) is 3.95. The lowest BCUT2D eigenvalue weighted by Crippen LogP contribution is -2.29. The fraction of sp³-hybridized carbons (Fsp3) is 0.727. The fourth-order valence-corrected chi connectivity index (χ4v) is 1.65. The third kappa shape index (κ3) is 4.61. The molecule has 80 valence electrons. The van der Waals surface area contributed by atoms with Crippen LogP contribution in [-0.2, 0) is 4.74 Å². The zero-order valence-corrected chi connectivity index (χ0v) is 9.61. The van der Waals surface area contributed by atoms with E-state index in [-0.39, 0.29) is 6.10 Å². The molecule has 0 fully saturated rings. The van der Waals surface area contributed by atoms with Gasteiger partial charge in [-0.15, -0.1) is 0 Å². The van der Waals surface area contributed by atoms with Crippen molar-refractivity contribution in [1.29, 1.82) is 0 Å². The van der Waals surface area contributed by atoms with Crippen LogP contribution >= 0.6 is 12.2 Å². The van der Waals surface area contributed by atoms with Crippen LogP contribution in [0.15, 0.2) is 12.2 Å². The van der Waals surface area contributed by atoms with Crippen LogP contribution in [0.1, 0.15) is 39.0 Å².